The highest BCUT2D eigenvalue weighted by atomic mass is 35.5. The summed E-state index contributed by atoms with van der Waals surface area (Å²) < 4.78 is 70.6. The van der Waals surface area contributed by atoms with Crippen molar-refractivity contribution in [2.24, 2.45) is 5.92 Å². The lowest BCUT2D eigenvalue weighted by atomic mass is 10.0. The van der Waals surface area contributed by atoms with Gasteiger partial charge in [0.15, 0.2) is 0 Å². The van der Waals surface area contributed by atoms with Crippen LogP contribution in [0, 0.1) is 12.8 Å². The van der Waals surface area contributed by atoms with Gasteiger partial charge in [-0.15, -0.1) is 0 Å². The van der Waals surface area contributed by atoms with Crippen LogP contribution in [-0.2, 0) is 38.8 Å². The maximum Gasteiger partial charge on any atom is 0.417 e. The third kappa shape index (κ3) is 9.38. The number of anilines is 1. The molecule has 0 heterocycles. The van der Waals surface area contributed by atoms with Crippen molar-refractivity contribution in [1.82, 2.24) is 10.2 Å². The van der Waals surface area contributed by atoms with Crippen molar-refractivity contribution in [3.63, 3.8) is 0 Å². The molecule has 0 saturated heterocycles. The third-order valence-corrected chi connectivity index (χ3v) is 9.70. The minimum Gasteiger partial charge on any atom is -0.354 e. The molecule has 0 bridgehead atoms. The molecule has 4 aromatic carbocycles. The van der Waals surface area contributed by atoms with Gasteiger partial charge in [-0.1, -0.05) is 104 Å². The molecule has 0 saturated carbocycles. The zero-order valence-corrected chi connectivity index (χ0v) is 28.3. The van der Waals surface area contributed by atoms with Gasteiger partial charge in [0, 0.05) is 19.5 Å². The Balaban J connectivity index is 1.85. The third-order valence-electron chi connectivity index (χ3n) is 7.58. The summed E-state index contributed by atoms with van der Waals surface area (Å²) in [7, 11) is -4.59. The zero-order chi connectivity index (χ0) is 35.1. The summed E-state index contributed by atoms with van der Waals surface area (Å²) in [5.41, 5.74) is 0.727. The van der Waals surface area contributed by atoms with Crippen LogP contribution in [0.15, 0.2) is 108 Å². The molecule has 7 nitrogen and oxygen atoms in total. The number of sulfonamides is 1. The molecule has 0 spiro atoms. The number of rotatable bonds is 13. The fraction of sp³-hybridized carbons (Fsp3) is 0.278. The van der Waals surface area contributed by atoms with Crippen LogP contribution < -0.4 is 9.62 Å². The zero-order valence-electron chi connectivity index (χ0n) is 26.7. The van der Waals surface area contributed by atoms with Crippen LogP contribution in [0.1, 0.15) is 36.1 Å². The molecule has 0 aromatic heterocycles. The van der Waals surface area contributed by atoms with Gasteiger partial charge in [-0.2, -0.15) is 13.2 Å². The van der Waals surface area contributed by atoms with E-state index in [2.05, 4.69) is 5.32 Å². The quantitative estimate of drug-likeness (QED) is 0.159. The summed E-state index contributed by atoms with van der Waals surface area (Å²) >= 11 is 5.87. The van der Waals surface area contributed by atoms with Gasteiger partial charge in [0.25, 0.3) is 10.0 Å². The molecule has 254 valence electrons. The highest BCUT2D eigenvalue weighted by Gasteiger charge is 2.37. The van der Waals surface area contributed by atoms with Crippen LogP contribution >= 0.6 is 11.6 Å². The van der Waals surface area contributed by atoms with Crippen molar-refractivity contribution >= 4 is 39.1 Å². The van der Waals surface area contributed by atoms with Gasteiger partial charge in [0.2, 0.25) is 11.8 Å². The molecule has 0 aliphatic rings. The summed E-state index contributed by atoms with van der Waals surface area (Å²) in [6.45, 7) is 5.11. The maximum atomic E-state index is 14.5. The number of aryl methyl sites for hydroxylation is 1. The van der Waals surface area contributed by atoms with E-state index in [-0.39, 0.29) is 23.8 Å². The summed E-state index contributed by atoms with van der Waals surface area (Å²) in [6.07, 6.45) is -4.79. The molecule has 0 fully saturated rings. The molecule has 0 aliphatic heterocycles. The van der Waals surface area contributed by atoms with Crippen molar-refractivity contribution in [2.75, 3.05) is 17.4 Å². The number of hydrogen-bond donors (Lipinski definition) is 1. The summed E-state index contributed by atoms with van der Waals surface area (Å²) in [5, 5.41) is 2.28. The van der Waals surface area contributed by atoms with Gasteiger partial charge in [-0.05, 0) is 54.3 Å². The average Bonchev–Trinajstić information content (AvgIpc) is 3.05. The first-order valence-corrected chi connectivity index (χ1v) is 17.1. The Morgan fingerprint density at radius 2 is 1.46 bits per heavy atom. The Morgan fingerprint density at radius 1 is 0.854 bits per heavy atom. The highest BCUT2D eigenvalue weighted by molar-refractivity contribution is 7.92. The van der Waals surface area contributed by atoms with E-state index in [4.69, 9.17) is 11.6 Å². The topological polar surface area (TPSA) is 86.8 Å². The van der Waals surface area contributed by atoms with Crippen LogP contribution in [0.3, 0.4) is 0 Å². The van der Waals surface area contributed by atoms with Crippen LogP contribution in [0.4, 0.5) is 18.9 Å². The van der Waals surface area contributed by atoms with Gasteiger partial charge in [0.1, 0.15) is 12.6 Å². The molecule has 0 unspecified atom stereocenters. The normalized spacial score (nSPS) is 12.4. The van der Waals surface area contributed by atoms with Crippen LogP contribution in [-0.4, -0.2) is 44.3 Å². The first-order chi connectivity index (χ1) is 22.7. The molecular weight excluding hydrogens is 663 g/mol. The van der Waals surface area contributed by atoms with Gasteiger partial charge >= 0.3 is 6.18 Å². The van der Waals surface area contributed by atoms with Crippen LogP contribution in [0.5, 0.6) is 0 Å². The van der Waals surface area contributed by atoms with E-state index in [1.807, 2.05) is 51.1 Å². The van der Waals surface area contributed by atoms with Gasteiger partial charge in [0.05, 0.1) is 21.2 Å². The van der Waals surface area contributed by atoms with Crippen molar-refractivity contribution < 1.29 is 31.2 Å². The second kappa shape index (κ2) is 15.7. The minimum atomic E-state index is -4.90. The highest BCUT2D eigenvalue weighted by Crippen LogP contribution is 2.38. The number of halogens is 4. The summed E-state index contributed by atoms with van der Waals surface area (Å²) in [5.74, 6) is -1.14. The van der Waals surface area contributed by atoms with E-state index in [0.29, 0.717) is 22.5 Å². The molecule has 4 aromatic rings. The molecule has 2 amide bonds. The molecule has 1 atom stereocenters. The Labute approximate surface area is 284 Å². The first-order valence-electron chi connectivity index (χ1n) is 15.3. The second-order valence-corrected chi connectivity index (χ2v) is 14.1. The number of hydrogen-bond acceptors (Lipinski definition) is 4. The number of carbonyl (C=O) groups is 2. The maximum absolute atomic E-state index is 14.5. The van der Waals surface area contributed by atoms with Crippen LogP contribution in [0.2, 0.25) is 5.02 Å². The van der Waals surface area contributed by atoms with Gasteiger partial charge in [-0.3, -0.25) is 13.9 Å². The van der Waals surface area contributed by atoms with Gasteiger partial charge in [-0.25, -0.2) is 8.42 Å². The fourth-order valence-corrected chi connectivity index (χ4v) is 6.65. The lowest BCUT2D eigenvalue weighted by Gasteiger charge is -2.34. The predicted octanol–water partition coefficient (Wildman–Crippen LogP) is 7.27. The smallest absolute Gasteiger partial charge is 0.354 e. The average molecular weight is 700 g/mol. The largest absolute Gasteiger partial charge is 0.417 e. The Morgan fingerprint density at radius 3 is 2.04 bits per heavy atom. The number of carbonyl (C=O) groups excluding carboxylic acids is 2. The van der Waals surface area contributed by atoms with Gasteiger partial charge < -0.3 is 10.2 Å². The van der Waals surface area contributed by atoms with E-state index < -0.39 is 56.9 Å². The Hall–Kier alpha value is -4.35. The van der Waals surface area contributed by atoms with E-state index in [1.165, 1.54) is 29.2 Å². The van der Waals surface area contributed by atoms with Crippen LogP contribution in [0.25, 0.3) is 0 Å². The monoisotopic (exact) mass is 699 g/mol. The van der Waals surface area contributed by atoms with E-state index in [0.717, 1.165) is 23.3 Å². The summed E-state index contributed by atoms with van der Waals surface area (Å²) in [4.78, 5) is 29.4. The predicted molar refractivity (Wildman–Crippen MR) is 181 cm³/mol. The summed E-state index contributed by atoms with van der Waals surface area (Å²) in [6, 6.07) is 25.0. The molecule has 1 N–H and O–H groups in total. The number of nitrogens with one attached hydrogen (secondary N) is 1. The SMILES string of the molecule is Cc1ccc(CN(C(=O)CN(c2ccc(Cl)c(C(F)(F)F)c2)S(=O)(=O)c2ccccc2)[C@@H](Cc2ccccc2)C(=O)NCC(C)C)cc1. The lowest BCUT2D eigenvalue weighted by Crippen LogP contribution is -2.53. The fourth-order valence-electron chi connectivity index (χ4n) is 5.00. The van der Waals surface area contributed by atoms with Crippen molar-refractivity contribution in [3.8, 4) is 0 Å². The minimum absolute atomic E-state index is 0.0701. The van der Waals surface area contributed by atoms with E-state index in [1.54, 1.807) is 30.3 Å². The molecular formula is C36H37ClF3N3O4S. The molecule has 0 aliphatic carbocycles. The number of nitrogens with zero attached hydrogens (tertiary/aromatic N) is 2. The van der Waals surface area contributed by atoms with Crippen molar-refractivity contribution in [3.05, 3.63) is 130 Å². The van der Waals surface area contributed by atoms with E-state index in [9.17, 15) is 31.2 Å². The number of benzene rings is 4. The molecule has 4 rings (SSSR count). The standard InChI is InChI=1S/C36H37ClF3N3O4S/c1-25(2)22-41-35(45)33(20-27-10-6-4-7-11-27)42(23-28-16-14-26(3)15-17-28)34(44)24-43(48(46,47)30-12-8-5-9-13-30)29-18-19-32(37)31(21-29)36(38,39)40/h4-19,21,25,33H,20,22-24H2,1-3H3,(H,41,45)/t33-/m0/s1. The Bertz CT molecular complexity index is 1800. The second-order valence-electron chi connectivity index (χ2n) is 11.8. The van der Waals surface area contributed by atoms with Crippen molar-refractivity contribution in [2.45, 2.75) is 50.9 Å². The molecule has 12 heteroatoms. The molecule has 48 heavy (non-hydrogen) atoms. The number of amides is 2. The first kappa shape index (κ1) is 36.5. The Kier molecular flexibility index (Phi) is 11.9. The lowest BCUT2D eigenvalue weighted by molar-refractivity contribution is -0.140. The number of alkyl halides is 3. The molecule has 0 radical (unpaired) electrons. The van der Waals surface area contributed by atoms with Crippen molar-refractivity contribution in [1.29, 1.82) is 0 Å². The van der Waals surface area contributed by atoms with E-state index >= 15 is 0 Å².